The van der Waals surface area contributed by atoms with Gasteiger partial charge in [-0.2, -0.15) is 0 Å². The lowest BCUT2D eigenvalue weighted by molar-refractivity contribution is 1.25. The van der Waals surface area contributed by atoms with E-state index < -0.39 is 0 Å². The van der Waals surface area contributed by atoms with Gasteiger partial charge in [0.15, 0.2) is 0 Å². The Kier molecular flexibility index (Phi) is 2.04. The van der Waals surface area contributed by atoms with Crippen LogP contribution in [0.25, 0.3) is 11.1 Å². The number of hydrogen-bond donors (Lipinski definition) is 0. The lowest BCUT2D eigenvalue weighted by Gasteiger charge is -2.05. The molecular formula is C17H10. The molecule has 0 fully saturated rings. The lowest BCUT2D eigenvalue weighted by atomic mass is 9.97. The molecule has 0 saturated heterocycles. The predicted octanol–water partition coefficient (Wildman–Crippen LogP) is 3.22. The van der Waals surface area contributed by atoms with E-state index in [2.05, 4.69) is 42.2 Å². The highest BCUT2D eigenvalue weighted by atomic mass is 14.2. The Bertz CT molecular complexity index is 691. The van der Waals surface area contributed by atoms with E-state index in [0.717, 1.165) is 17.5 Å². The highest BCUT2D eigenvalue weighted by molar-refractivity contribution is 5.80. The molecule has 0 spiro atoms. The van der Waals surface area contributed by atoms with Crippen LogP contribution in [0.4, 0.5) is 0 Å². The number of benzene rings is 2. The third-order valence-electron chi connectivity index (χ3n) is 3.29. The van der Waals surface area contributed by atoms with Crippen LogP contribution in [-0.4, -0.2) is 0 Å². The van der Waals surface area contributed by atoms with Gasteiger partial charge < -0.3 is 0 Å². The molecule has 17 heavy (non-hydrogen) atoms. The van der Waals surface area contributed by atoms with Gasteiger partial charge >= 0.3 is 0 Å². The molecule has 2 aromatic rings. The van der Waals surface area contributed by atoms with Gasteiger partial charge in [0.05, 0.1) is 0 Å². The summed E-state index contributed by atoms with van der Waals surface area (Å²) in [6.07, 6.45) is 12.0. The fraction of sp³-hybridized carbons (Fsp3) is 0.0588. The molecule has 0 heteroatoms. The highest BCUT2D eigenvalue weighted by Gasteiger charge is 2.21. The van der Waals surface area contributed by atoms with E-state index in [-0.39, 0.29) is 0 Å². The maximum atomic E-state index is 5.59. The molecule has 0 aromatic heterocycles. The van der Waals surface area contributed by atoms with E-state index in [9.17, 15) is 0 Å². The Morgan fingerprint density at radius 1 is 0.882 bits per heavy atom. The van der Waals surface area contributed by atoms with Crippen molar-refractivity contribution in [3.8, 4) is 35.8 Å². The van der Waals surface area contributed by atoms with Crippen molar-refractivity contribution in [2.45, 2.75) is 6.42 Å². The second-order valence-corrected chi connectivity index (χ2v) is 4.14. The fourth-order valence-electron chi connectivity index (χ4n) is 2.50. The zero-order valence-corrected chi connectivity index (χ0v) is 9.33. The highest BCUT2D eigenvalue weighted by Crippen LogP contribution is 2.38. The fourth-order valence-corrected chi connectivity index (χ4v) is 2.50. The second-order valence-electron chi connectivity index (χ2n) is 4.14. The molecule has 0 aliphatic heterocycles. The SMILES string of the molecule is C#Cc1ccc2c(c1C#C)Cc1ccccc1-2. The van der Waals surface area contributed by atoms with E-state index >= 15 is 0 Å². The van der Waals surface area contributed by atoms with Crippen LogP contribution in [0.15, 0.2) is 36.4 Å². The zero-order chi connectivity index (χ0) is 11.8. The summed E-state index contributed by atoms with van der Waals surface area (Å²) in [5, 5.41) is 0. The van der Waals surface area contributed by atoms with Gasteiger partial charge in [-0.25, -0.2) is 0 Å². The Hall–Kier alpha value is -2.44. The molecular weight excluding hydrogens is 204 g/mol. The third-order valence-corrected chi connectivity index (χ3v) is 3.29. The molecule has 0 saturated carbocycles. The molecule has 0 unspecified atom stereocenters. The Balaban J connectivity index is 2.33. The minimum absolute atomic E-state index is 0.819. The quantitative estimate of drug-likeness (QED) is 0.504. The van der Waals surface area contributed by atoms with Gasteiger partial charge in [0.1, 0.15) is 0 Å². The van der Waals surface area contributed by atoms with Gasteiger partial charge in [0.25, 0.3) is 0 Å². The maximum absolute atomic E-state index is 5.59. The summed E-state index contributed by atoms with van der Waals surface area (Å²) in [5.41, 5.74) is 6.73. The van der Waals surface area contributed by atoms with Gasteiger partial charge in [-0.1, -0.05) is 42.2 Å². The van der Waals surface area contributed by atoms with E-state index in [1.807, 2.05) is 6.07 Å². The van der Waals surface area contributed by atoms with Crippen molar-refractivity contribution in [1.82, 2.24) is 0 Å². The van der Waals surface area contributed by atoms with Gasteiger partial charge in [-0.15, -0.1) is 12.8 Å². The minimum atomic E-state index is 0.819. The summed E-state index contributed by atoms with van der Waals surface area (Å²) in [5.74, 6) is 5.40. The van der Waals surface area contributed by atoms with Gasteiger partial charge in [0, 0.05) is 11.1 Å². The summed E-state index contributed by atoms with van der Waals surface area (Å²) >= 11 is 0. The minimum Gasteiger partial charge on any atom is -0.115 e. The first-order chi connectivity index (χ1) is 8.35. The lowest BCUT2D eigenvalue weighted by Crippen LogP contribution is -1.92. The normalized spacial score (nSPS) is 11.2. The molecule has 0 atom stereocenters. The number of rotatable bonds is 0. The Morgan fingerprint density at radius 3 is 2.47 bits per heavy atom. The zero-order valence-electron chi connectivity index (χ0n) is 9.33. The van der Waals surface area contributed by atoms with Crippen LogP contribution < -0.4 is 0 Å². The molecule has 2 aromatic carbocycles. The predicted molar refractivity (Wildman–Crippen MR) is 70.6 cm³/mol. The van der Waals surface area contributed by atoms with Crippen molar-refractivity contribution in [3.63, 3.8) is 0 Å². The number of fused-ring (bicyclic) bond motifs is 3. The van der Waals surface area contributed by atoms with Gasteiger partial charge in [0.2, 0.25) is 0 Å². The van der Waals surface area contributed by atoms with Crippen LogP contribution in [0.1, 0.15) is 22.3 Å². The molecule has 0 heterocycles. The van der Waals surface area contributed by atoms with Crippen molar-refractivity contribution in [2.75, 3.05) is 0 Å². The van der Waals surface area contributed by atoms with Crippen LogP contribution in [0.2, 0.25) is 0 Å². The molecule has 0 nitrogen and oxygen atoms in total. The van der Waals surface area contributed by atoms with E-state index in [1.54, 1.807) is 0 Å². The molecule has 0 N–H and O–H groups in total. The maximum Gasteiger partial charge on any atom is 0.0440 e. The second kappa shape index (κ2) is 3.55. The summed E-state index contributed by atoms with van der Waals surface area (Å²) in [4.78, 5) is 0. The van der Waals surface area contributed by atoms with Crippen molar-refractivity contribution >= 4 is 0 Å². The van der Waals surface area contributed by atoms with Crippen LogP contribution >= 0.6 is 0 Å². The average molecular weight is 214 g/mol. The largest absolute Gasteiger partial charge is 0.115 e. The first kappa shape index (κ1) is 9.76. The van der Waals surface area contributed by atoms with E-state index in [1.165, 1.54) is 22.3 Å². The standard InChI is InChI=1S/C17H10/c1-3-12-9-10-16-15-8-6-5-7-13(15)11-17(16)14(12)4-2/h1-2,5-10H,11H2. The van der Waals surface area contributed by atoms with E-state index in [4.69, 9.17) is 12.8 Å². The van der Waals surface area contributed by atoms with Crippen molar-refractivity contribution in [2.24, 2.45) is 0 Å². The first-order valence-electron chi connectivity index (χ1n) is 5.52. The number of hydrogen-bond acceptors (Lipinski definition) is 0. The third kappa shape index (κ3) is 1.28. The summed E-state index contributed by atoms with van der Waals surface area (Å²) in [6, 6.07) is 12.4. The topological polar surface area (TPSA) is 0 Å². The molecule has 3 rings (SSSR count). The summed E-state index contributed by atoms with van der Waals surface area (Å²) in [6.45, 7) is 0. The molecule has 0 bridgehead atoms. The molecule has 0 radical (unpaired) electrons. The smallest absolute Gasteiger partial charge is 0.0440 e. The monoisotopic (exact) mass is 214 g/mol. The molecule has 1 aliphatic rings. The van der Waals surface area contributed by atoms with Crippen LogP contribution in [0.3, 0.4) is 0 Å². The summed E-state index contributed by atoms with van der Waals surface area (Å²) < 4.78 is 0. The van der Waals surface area contributed by atoms with Crippen molar-refractivity contribution < 1.29 is 0 Å². The first-order valence-corrected chi connectivity index (χ1v) is 5.52. The summed E-state index contributed by atoms with van der Waals surface area (Å²) in [7, 11) is 0. The van der Waals surface area contributed by atoms with Gasteiger partial charge in [-0.3, -0.25) is 0 Å². The van der Waals surface area contributed by atoms with Crippen LogP contribution in [0, 0.1) is 24.7 Å². The average Bonchev–Trinajstić information content (AvgIpc) is 2.75. The molecule has 78 valence electrons. The Morgan fingerprint density at radius 2 is 1.71 bits per heavy atom. The number of terminal acetylenes is 2. The molecule has 0 amide bonds. The Labute approximate surface area is 101 Å². The van der Waals surface area contributed by atoms with E-state index in [0.29, 0.717) is 0 Å². The van der Waals surface area contributed by atoms with Crippen LogP contribution in [-0.2, 0) is 6.42 Å². The van der Waals surface area contributed by atoms with Crippen LogP contribution in [0.5, 0.6) is 0 Å². The molecule has 1 aliphatic carbocycles. The van der Waals surface area contributed by atoms with Crippen molar-refractivity contribution in [3.05, 3.63) is 58.7 Å². The van der Waals surface area contributed by atoms with Gasteiger partial charge in [-0.05, 0) is 34.7 Å². The van der Waals surface area contributed by atoms with Crippen molar-refractivity contribution in [1.29, 1.82) is 0 Å².